The lowest BCUT2D eigenvalue weighted by molar-refractivity contribution is -0.155. The highest BCUT2D eigenvalue weighted by Gasteiger charge is 2.27. The van der Waals surface area contributed by atoms with Crippen LogP contribution in [0.5, 0.6) is 11.5 Å². The molecule has 0 heterocycles. The molecule has 0 aliphatic rings. The lowest BCUT2D eigenvalue weighted by atomic mass is 9.91. The summed E-state index contributed by atoms with van der Waals surface area (Å²) in [7, 11) is 0. The Kier molecular flexibility index (Phi) is 6.69. The molecule has 134 valence electrons. The predicted octanol–water partition coefficient (Wildman–Crippen LogP) is 3.61. The van der Waals surface area contributed by atoms with Gasteiger partial charge in [-0.1, -0.05) is 6.92 Å². The lowest BCUT2D eigenvalue weighted by Crippen LogP contribution is -2.28. The summed E-state index contributed by atoms with van der Waals surface area (Å²) in [6.07, 6.45) is 0.645. The highest BCUT2D eigenvalue weighted by molar-refractivity contribution is 5.78. The second kappa shape index (κ2) is 8.08. The number of rotatable bonds is 8. The summed E-state index contributed by atoms with van der Waals surface area (Å²) in [5.41, 5.74) is -0.583. The molecule has 1 aromatic carbocycles. The monoisotopic (exact) mass is 344 g/mol. The van der Waals surface area contributed by atoms with Gasteiger partial charge in [0.1, 0.15) is 11.5 Å². The largest absolute Gasteiger partial charge is 0.482 e. The van der Waals surface area contributed by atoms with Crippen LogP contribution in [-0.4, -0.2) is 31.1 Å². The summed E-state index contributed by atoms with van der Waals surface area (Å²) in [6.45, 7) is 4.65. The molecule has 0 aliphatic heterocycles. The molecule has 24 heavy (non-hydrogen) atoms. The number of hydrogen-bond acceptors (Lipinski definition) is 5. The SMILES string of the molecule is CCC(C)(C)C(=O)Oc1ccc(OCC(=O)OCC(C)(F)F)cc1. The Morgan fingerprint density at radius 3 is 2.08 bits per heavy atom. The molecule has 0 atom stereocenters. The van der Waals surface area contributed by atoms with Crippen LogP contribution in [0, 0.1) is 5.41 Å². The van der Waals surface area contributed by atoms with Gasteiger partial charge < -0.3 is 14.2 Å². The maximum Gasteiger partial charge on any atom is 0.344 e. The molecule has 0 aliphatic carbocycles. The molecule has 0 aromatic heterocycles. The minimum absolute atomic E-state index is 0.324. The fourth-order valence-electron chi connectivity index (χ4n) is 1.38. The van der Waals surface area contributed by atoms with Crippen LogP contribution in [0.3, 0.4) is 0 Å². The summed E-state index contributed by atoms with van der Waals surface area (Å²) in [5.74, 6) is -3.64. The van der Waals surface area contributed by atoms with Crippen molar-refractivity contribution in [3.05, 3.63) is 24.3 Å². The number of halogens is 2. The molecule has 0 saturated carbocycles. The normalized spacial score (nSPS) is 11.8. The lowest BCUT2D eigenvalue weighted by Gasteiger charge is -2.20. The van der Waals surface area contributed by atoms with Crippen molar-refractivity contribution in [2.24, 2.45) is 5.41 Å². The van der Waals surface area contributed by atoms with Gasteiger partial charge in [0.05, 0.1) is 5.41 Å². The van der Waals surface area contributed by atoms with Crippen LogP contribution in [0.25, 0.3) is 0 Å². The highest BCUT2D eigenvalue weighted by Crippen LogP contribution is 2.25. The molecule has 1 rings (SSSR count). The van der Waals surface area contributed by atoms with Gasteiger partial charge in [-0.25, -0.2) is 13.6 Å². The van der Waals surface area contributed by atoms with Crippen molar-refractivity contribution in [3.63, 3.8) is 0 Å². The van der Waals surface area contributed by atoms with Crippen molar-refractivity contribution in [2.45, 2.75) is 40.0 Å². The van der Waals surface area contributed by atoms with Gasteiger partial charge in [0.15, 0.2) is 13.2 Å². The molecule has 0 unspecified atom stereocenters. The van der Waals surface area contributed by atoms with Crippen LogP contribution in [0.1, 0.15) is 34.1 Å². The molecule has 0 fully saturated rings. The van der Waals surface area contributed by atoms with Crippen LogP contribution in [0.15, 0.2) is 24.3 Å². The van der Waals surface area contributed by atoms with E-state index >= 15 is 0 Å². The van der Waals surface area contributed by atoms with E-state index in [1.165, 1.54) is 24.3 Å². The minimum Gasteiger partial charge on any atom is -0.482 e. The van der Waals surface area contributed by atoms with Gasteiger partial charge in [-0.05, 0) is 44.5 Å². The number of alkyl halides is 2. The average molecular weight is 344 g/mol. The topological polar surface area (TPSA) is 61.8 Å². The standard InChI is InChI=1S/C17H22F2O5/c1-5-16(2,3)15(21)24-13-8-6-12(7-9-13)22-10-14(20)23-11-17(4,18)19/h6-9H,5,10-11H2,1-4H3. The van der Waals surface area contributed by atoms with E-state index in [1.54, 1.807) is 13.8 Å². The quantitative estimate of drug-likeness (QED) is 0.532. The Bertz CT molecular complexity index is 561. The number of esters is 2. The Hall–Kier alpha value is -2.18. The molecule has 0 N–H and O–H groups in total. The third kappa shape index (κ3) is 6.93. The average Bonchev–Trinajstić information content (AvgIpc) is 2.51. The van der Waals surface area contributed by atoms with Gasteiger partial charge in [0.25, 0.3) is 5.92 Å². The molecule has 1 aromatic rings. The predicted molar refractivity (Wildman–Crippen MR) is 83.2 cm³/mol. The van der Waals surface area contributed by atoms with Crippen molar-refractivity contribution >= 4 is 11.9 Å². The third-order valence-electron chi connectivity index (χ3n) is 3.31. The molecule has 0 spiro atoms. The summed E-state index contributed by atoms with van der Waals surface area (Å²) in [5, 5.41) is 0. The molecular formula is C17H22F2O5. The maximum atomic E-state index is 12.5. The van der Waals surface area contributed by atoms with Crippen molar-refractivity contribution in [2.75, 3.05) is 13.2 Å². The number of ether oxygens (including phenoxy) is 3. The van der Waals surface area contributed by atoms with E-state index in [-0.39, 0.29) is 5.97 Å². The van der Waals surface area contributed by atoms with Crippen molar-refractivity contribution in [1.29, 1.82) is 0 Å². The molecule has 7 heteroatoms. The second-order valence-electron chi connectivity index (χ2n) is 6.12. The van der Waals surface area contributed by atoms with Gasteiger partial charge in [-0.15, -0.1) is 0 Å². The fraction of sp³-hybridized carbons (Fsp3) is 0.529. The van der Waals surface area contributed by atoms with Crippen LogP contribution < -0.4 is 9.47 Å². The molecular weight excluding hydrogens is 322 g/mol. The maximum absolute atomic E-state index is 12.5. The van der Waals surface area contributed by atoms with E-state index in [9.17, 15) is 18.4 Å². The van der Waals surface area contributed by atoms with Crippen LogP contribution in [0.4, 0.5) is 8.78 Å². The summed E-state index contributed by atoms with van der Waals surface area (Å²) in [4.78, 5) is 23.2. The Balaban J connectivity index is 2.48. The number of hydrogen-bond donors (Lipinski definition) is 0. The van der Waals surface area contributed by atoms with Gasteiger partial charge in [0.2, 0.25) is 0 Å². The van der Waals surface area contributed by atoms with Crippen molar-refractivity contribution < 1.29 is 32.6 Å². The van der Waals surface area contributed by atoms with E-state index in [0.717, 1.165) is 0 Å². The molecule has 5 nitrogen and oxygen atoms in total. The minimum atomic E-state index is -3.08. The first-order valence-corrected chi connectivity index (χ1v) is 7.52. The Labute approximate surface area is 139 Å². The van der Waals surface area contributed by atoms with Gasteiger partial charge in [-0.2, -0.15) is 0 Å². The Morgan fingerprint density at radius 2 is 1.58 bits per heavy atom. The van der Waals surface area contributed by atoms with E-state index < -0.39 is 30.5 Å². The summed E-state index contributed by atoms with van der Waals surface area (Å²) >= 11 is 0. The Morgan fingerprint density at radius 1 is 1.04 bits per heavy atom. The smallest absolute Gasteiger partial charge is 0.344 e. The van der Waals surface area contributed by atoms with E-state index in [0.29, 0.717) is 24.8 Å². The van der Waals surface area contributed by atoms with E-state index in [1.807, 2.05) is 6.92 Å². The zero-order valence-electron chi connectivity index (χ0n) is 14.2. The van der Waals surface area contributed by atoms with Gasteiger partial charge >= 0.3 is 11.9 Å². The first kappa shape index (κ1) is 19.9. The zero-order chi connectivity index (χ0) is 18.4. The second-order valence-corrected chi connectivity index (χ2v) is 6.12. The van der Waals surface area contributed by atoms with Crippen LogP contribution in [0.2, 0.25) is 0 Å². The van der Waals surface area contributed by atoms with Crippen LogP contribution in [-0.2, 0) is 14.3 Å². The van der Waals surface area contributed by atoms with Crippen molar-refractivity contribution in [3.8, 4) is 11.5 Å². The number of benzene rings is 1. The summed E-state index contributed by atoms with van der Waals surface area (Å²) < 4.78 is 39.8. The first-order valence-electron chi connectivity index (χ1n) is 7.52. The number of carbonyl (C=O) groups is 2. The van der Waals surface area contributed by atoms with Gasteiger partial charge in [-0.3, -0.25) is 4.79 Å². The molecule has 0 saturated heterocycles. The van der Waals surface area contributed by atoms with Crippen molar-refractivity contribution in [1.82, 2.24) is 0 Å². The van der Waals surface area contributed by atoms with E-state index in [4.69, 9.17) is 9.47 Å². The van der Waals surface area contributed by atoms with Crippen LogP contribution >= 0.6 is 0 Å². The van der Waals surface area contributed by atoms with E-state index in [2.05, 4.69) is 4.74 Å². The zero-order valence-corrected chi connectivity index (χ0v) is 14.2. The third-order valence-corrected chi connectivity index (χ3v) is 3.31. The number of carbonyl (C=O) groups excluding carboxylic acids is 2. The molecule has 0 radical (unpaired) electrons. The summed E-state index contributed by atoms with van der Waals surface area (Å²) in [6, 6.07) is 6.04. The molecule has 0 bridgehead atoms. The highest BCUT2D eigenvalue weighted by atomic mass is 19.3. The first-order chi connectivity index (χ1) is 11.0. The fourth-order valence-corrected chi connectivity index (χ4v) is 1.38. The molecule has 0 amide bonds. The van der Waals surface area contributed by atoms with Gasteiger partial charge in [0, 0.05) is 6.92 Å².